The summed E-state index contributed by atoms with van der Waals surface area (Å²) in [5, 5.41) is 4.29. The van der Waals surface area contributed by atoms with E-state index in [-0.39, 0.29) is 24.7 Å². The lowest BCUT2D eigenvalue weighted by Gasteiger charge is -2.23. The number of aryl methyl sites for hydroxylation is 2. The fourth-order valence-electron chi connectivity index (χ4n) is 4.15. The van der Waals surface area contributed by atoms with Crippen molar-refractivity contribution in [3.8, 4) is 0 Å². The van der Waals surface area contributed by atoms with Gasteiger partial charge in [-0.1, -0.05) is 0 Å². The predicted octanol–water partition coefficient (Wildman–Crippen LogP) is 1.95. The van der Waals surface area contributed by atoms with Crippen LogP contribution in [0.5, 0.6) is 0 Å². The van der Waals surface area contributed by atoms with E-state index in [0.717, 1.165) is 4.90 Å². The van der Waals surface area contributed by atoms with E-state index < -0.39 is 53.7 Å². The first kappa shape index (κ1) is 27.3. The van der Waals surface area contributed by atoms with Crippen molar-refractivity contribution in [3.63, 3.8) is 0 Å². The molecule has 15 heteroatoms. The van der Waals surface area contributed by atoms with Crippen molar-refractivity contribution < 1.29 is 36.5 Å². The summed E-state index contributed by atoms with van der Waals surface area (Å²) in [6.45, 7) is 0.0155. The highest BCUT2D eigenvalue weighted by Gasteiger charge is 2.43. The van der Waals surface area contributed by atoms with Crippen molar-refractivity contribution in [1.82, 2.24) is 19.5 Å². The molecule has 200 valence electrons. The molecule has 0 radical (unpaired) electrons. The van der Waals surface area contributed by atoms with E-state index in [4.69, 9.17) is 0 Å². The summed E-state index contributed by atoms with van der Waals surface area (Å²) in [7, 11) is 1.63. The van der Waals surface area contributed by atoms with Crippen molar-refractivity contribution in [2.24, 2.45) is 13.0 Å². The van der Waals surface area contributed by atoms with Crippen LogP contribution in [-0.4, -0.2) is 69.3 Å². The number of aromatic nitrogens is 1. The number of thioether (sulfide) groups is 1. The number of amides is 3. The van der Waals surface area contributed by atoms with E-state index in [2.05, 4.69) is 10.0 Å². The number of likely N-dealkylation sites (tertiary alicyclic amines) is 1. The fraction of sp³-hybridized carbons (Fsp3) is 0.409. The average Bonchev–Trinajstić information content (AvgIpc) is 3.36. The number of rotatable bonds is 3. The zero-order valence-electron chi connectivity index (χ0n) is 19.6. The number of fused-ring (bicyclic) bond motifs is 2. The number of nitrogens with zero attached hydrogens (tertiary/aromatic N) is 2. The first-order valence-electron chi connectivity index (χ1n) is 11.1. The van der Waals surface area contributed by atoms with Gasteiger partial charge in [-0.3, -0.25) is 14.4 Å². The lowest BCUT2D eigenvalue weighted by atomic mass is 10.1. The van der Waals surface area contributed by atoms with Crippen molar-refractivity contribution in [2.75, 3.05) is 30.7 Å². The average molecular weight is 562 g/mol. The molecule has 4 rings (SSSR count). The van der Waals surface area contributed by atoms with Crippen molar-refractivity contribution >= 4 is 46.5 Å². The second kappa shape index (κ2) is 10.6. The Labute approximate surface area is 216 Å². The van der Waals surface area contributed by atoms with Gasteiger partial charge >= 0.3 is 18.0 Å². The third-order valence-corrected chi connectivity index (χ3v) is 8.66. The molecule has 0 saturated carbocycles. The number of anilines is 1. The number of alkyl halides is 3. The van der Waals surface area contributed by atoms with Crippen molar-refractivity contribution in [1.29, 1.82) is 0 Å². The van der Waals surface area contributed by atoms with Crippen LogP contribution < -0.4 is 15.4 Å². The number of carbonyl (C=O) groups excluding carboxylic acids is 3. The van der Waals surface area contributed by atoms with Crippen LogP contribution in [0.25, 0.3) is 0 Å². The highest BCUT2D eigenvalue weighted by molar-refractivity contribution is 8.00. The van der Waals surface area contributed by atoms with Crippen LogP contribution in [0.2, 0.25) is 0 Å². The molecule has 2 unspecified atom stereocenters. The molecule has 0 spiro atoms. The van der Waals surface area contributed by atoms with Gasteiger partial charge in [0.05, 0.1) is 28.5 Å². The molecule has 9 nitrogen and oxygen atoms in total. The highest BCUT2D eigenvalue weighted by Crippen LogP contribution is 2.38. The van der Waals surface area contributed by atoms with Crippen LogP contribution in [-0.2, 0) is 28.0 Å². The van der Waals surface area contributed by atoms with Gasteiger partial charge in [-0.25, -0.2) is 4.39 Å². The van der Waals surface area contributed by atoms with Gasteiger partial charge in [-0.05, 0) is 30.7 Å². The lowest BCUT2D eigenvalue weighted by molar-refractivity contribution is -0.150. The Morgan fingerprint density at radius 3 is 2.68 bits per heavy atom. The van der Waals surface area contributed by atoms with Crippen LogP contribution in [0.1, 0.15) is 16.1 Å². The first-order valence-corrected chi connectivity index (χ1v) is 13.2. The highest BCUT2D eigenvalue weighted by atomic mass is 32.2. The molecular formula is C22H23F4N5O4S2. The molecule has 2 aliphatic rings. The van der Waals surface area contributed by atoms with Gasteiger partial charge in [0, 0.05) is 37.5 Å². The van der Waals surface area contributed by atoms with Crippen LogP contribution in [0.15, 0.2) is 34.2 Å². The Balaban J connectivity index is 1.48. The van der Waals surface area contributed by atoms with Crippen LogP contribution in [0.3, 0.4) is 0 Å². The Bertz CT molecular complexity index is 1240. The second-order valence-electron chi connectivity index (χ2n) is 8.77. The fourth-order valence-corrected chi connectivity index (χ4v) is 7.03. The Morgan fingerprint density at radius 1 is 1.27 bits per heavy atom. The monoisotopic (exact) mass is 561 g/mol. The quantitative estimate of drug-likeness (QED) is 0.300. The second-order valence-corrected chi connectivity index (χ2v) is 11.0. The summed E-state index contributed by atoms with van der Waals surface area (Å²) in [5.74, 6) is -3.25. The van der Waals surface area contributed by atoms with E-state index >= 15 is 0 Å². The number of halogens is 4. The van der Waals surface area contributed by atoms with E-state index in [1.807, 2.05) is 0 Å². The van der Waals surface area contributed by atoms with Gasteiger partial charge in [-0.15, -0.1) is 16.5 Å². The van der Waals surface area contributed by atoms with E-state index in [9.17, 15) is 36.5 Å². The summed E-state index contributed by atoms with van der Waals surface area (Å²) in [5.41, 5.74) is 0.994. The van der Waals surface area contributed by atoms with Gasteiger partial charge in [-0.2, -0.15) is 13.2 Å². The molecule has 1 aromatic heterocycles. The summed E-state index contributed by atoms with van der Waals surface area (Å²) in [6.07, 6.45) is -3.09. The Hall–Kier alpha value is -2.75. The number of hydrogen-bond donors (Lipinski definition) is 3. The Kier molecular flexibility index (Phi) is 7.78. The zero-order chi connectivity index (χ0) is 27.1. The molecule has 1 fully saturated rings. The molecule has 0 aliphatic carbocycles. The summed E-state index contributed by atoms with van der Waals surface area (Å²) in [6, 6.07) is 3.69. The number of nitrogens with one attached hydrogen (secondary N) is 3. The third kappa shape index (κ3) is 6.05. The van der Waals surface area contributed by atoms with Crippen LogP contribution in [0.4, 0.5) is 23.2 Å². The minimum atomic E-state index is -4.65. The summed E-state index contributed by atoms with van der Waals surface area (Å²) in [4.78, 5) is 39.4. The van der Waals surface area contributed by atoms with Crippen molar-refractivity contribution in [2.45, 2.75) is 28.9 Å². The lowest BCUT2D eigenvalue weighted by Crippen LogP contribution is -2.46. The van der Waals surface area contributed by atoms with E-state index in [1.165, 1.54) is 30.0 Å². The van der Waals surface area contributed by atoms with Gasteiger partial charge in [0.2, 0.25) is 4.90 Å². The zero-order valence-corrected chi connectivity index (χ0v) is 21.3. The van der Waals surface area contributed by atoms with Gasteiger partial charge < -0.3 is 24.7 Å². The normalized spacial score (nSPS) is 21.5. The summed E-state index contributed by atoms with van der Waals surface area (Å²) >= 11 is -0.507. The molecule has 2 aliphatic heterocycles. The topological polar surface area (TPSA) is 119 Å². The van der Waals surface area contributed by atoms with Crippen molar-refractivity contribution in [3.05, 3.63) is 41.5 Å². The maximum Gasteiger partial charge on any atom is 0.405 e. The van der Waals surface area contributed by atoms with E-state index in [1.54, 1.807) is 30.1 Å². The molecule has 37 heavy (non-hydrogen) atoms. The van der Waals surface area contributed by atoms with E-state index in [0.29, 0.717) is 26.8 Å². The maximum atomic E-state index is 13.6. The SMILES string of the molecule is Cc1cc(NC(=O)c2c3c(cn2C)[S+]([O-])N[C@H]2CN(C(=O)C(=O)NCC(F)(F)F)CC2CS3)ccc1F. The largest absolute Gasteiger partial charge is 0.593 e. The Morgan fingerprint density at radius 2 is 2.00 bits per heavy atom. The van der Waals surface area contributed by atoms with Gasteiger partial charge in [0.1, 0.15) is 18.1 Å². The molecule has 3 atom stereocenters. The number of hydrogen-bond acceptors (Lipinski definition) is 6. The predicted molar refractivity (Wildman–Crippen MR) is 128 cm³/mol. The van der Waals surface area contributed by atoms with Crippen LogP contribution >= 0.6 is 11.8 Å². The standard InChI is InChI=1S/C22H23F4N5O4S2/c1-11-5-13(3-4-14(11)23)28-19(32)17-18-16(8-30(17)2)37(35)29-15-7-31(6-12(15)9-36-18)21(34)20(33)27-10-22(24,25)26/h3-5,8,12,15,29H,6-7,9-10H2,1-2H3,(H,27,33)(H,28,32)/t12?,15-,37?/m0/s1. The molecule has 1 saturated heterocycles. The molecule has 2 aromatic rings. The number of benzene rings is 1. The van der Waals surface area contributed by atoms with Gasteiger partial charge in [0.15, 0.2) is 0 Å². The molecular weight excluding hydrogens is 538 g/mol. The third-order valence-electron chi connectivity index (χ3n) is 6.01. The molecule has 3 amide bonds. The number of carbonyl (C=O) groups is 3. The maximum absolute atomic E-state index is 13.6. The minimum absolute atomic E-state index is 0.00529. The van der Waals surface area contributed by atoms with Gasteiger partial charge in [0.25, 0.3) is 5.91 Å². The smallest absolute Gasteiger partial charge is 0.405 e. The van der Waals surface area contributed by atoms with Crippen LogP contribution in [0, 0.1) is 18.7 Å². The summed E-state index contributed by atoms with van der Waals surface area (Å²) < 4.78 is 68.3. The molecule has 3 heterocycles. The molecule has 3 N–H and O–H groups in total. The molecule has 0 bridgehead atoms. The first-order chi connectivity index (χ1) is 17.3. The molecule has 1 aromatic carbocycles. The minimum Gasteiger partial charge on any atom is -0.593 e.